The Morgan fingerprint density at radius 1 is 1.17 bits per heavy atom. The minimum absolute atomic E-state index is 0.260. The first kappa shape index (κ1) is 23.9. The van der Waals surface area contributed by atoms with E-state index >= 15 is 0 Å². The lowest BCUT2D eigenvalue weighted by Crippen LogP contribution is -2.35. The van der Waals surface area contributed by atoms with Gasteiger partial charge >= 0.3 is 0 Å². The van der Waals surface area contributed by atoms with Crippen molar-refractivity contribution in [2.24, 2.45) is 5.92 Å². The molecule has 1 N–H and O–H groups in total. The molecule has 1 aromatic rings. The monoisotopic (exact) mass is 408 g/mol. The predicted molar refractivity (Wildman–Crippen MR) is 117 cm³/mol. The summed E-state index contributed by atoms with van der Waals surface area (Å²) >= 11 is 0. The Balaban J connectivity index is 1.86. The van der Waals surface area contributed by atoms with Gasteiger partial charge in [0.25, 0.3) is 0 Å². The Labute approximate surface area is 176 Å². The zero-order chi connectivity index (χ0) is 21.1. The number of nitrogens with zero attached hydrogens (tertiary/aromatic N) is 2. The number of methoxy groups -OCH3 is 1. The van der Waals surface area contributed by atoms with Gasteiger partial charge in [-0.2, -0.15) is 0 Å². The van der Waals surface area contributed by atoms with Crippen LogP contribution in [0, 0.1) is 5.92 Å². The van der Waals surface area contributed by atoms with Gasteiger partial charge < -0.3 is 29.1 Å². The normalized spacial score (nSPS) is 16.4. The maximum absolute atomic E-state index is 10.3. The number of benzene rings is 1. The second-order valence-electron chi connectivity index (χ2n) is 8.02. The van der Waals surface area contributed by atoms with Crippen molar-refractivity contribution in [3.8, 4) is 11.5 Å². The lowest BCUT2D eigenvalue weighted by Gasteiger charge is -2.25. The number of ether oxygens (including phenoxy) is 3. The molecule has 1 saturated heterocycles. The van der Waals surface area contributed by atoms with Crippen molar-refractivity contribution in [2.45, 2.75) is 45.8 Å². The fourth-order valence-electron chi connectivity index (χ4n) is 3.78. The molecule has 1 fully saturated rings. The topological polar surface area (TPSA) is 54.4 Å². The van der Waals surface area contributed by atoms with E-state index in [9.17, 15) is 5.11 Å². The zero-order valence-electron chi connectivity index (χ0n) is 18.7. The summed E-state index contributed by atoms with van der Waals surface area (Å²) in [6.07, 6.45) is 3.07. The summed E-state index contributed by atoms with van der Waals surface area (Å²) in [5, 5.41) is 10.3. The average molecular weight is 409 g/mol. The Morgan fingerprint density at radius 2 is 1.90 bits per heavy atom. The number of hydrogen-bond acceptors (Lipinski definition) is 6. The number of rotatable bonds is 13. The van der Waals surface area contributed by atoms with Gasteiger partial charge in [-0.15, -0.1) is 0 Å². The molecular weight excluding hydrogens is 368 g/mol. The highest BCUT2D eigenvalue weighted by Crippen LogP contribution is 2.29. The third-order valence-electron chi connectivity index (χ3n) is 5.74. The predicted octanol–water partition coefficient (Wildman–Crippen LogP) is 3.03. The lowest BCUT2D eigenvalue weighted by molar-refractivity contribution is 0.0608. The molecule has 6 heteroatoms. The number of hydrogen-bond donors (Lipinski definition) is 1. The average Bonchev–Trinajstić information content (AvgIpc) is 2.75. The second kappa shape index (κ2) is 13.1. The van der Waals surface area contributed by atoms with E-state index in [1.54, 1.807) is 7.11 Å². The van der Waals surface area contributed by atoms with Crippen molar-refractivity contribution in [3.05, 3.63) is 23.8 Å². The molecule has 1 aliphatic rings. The molecule has 0 aliphatic carbocycles. The molecular formula is C23H40N2O4. The minimum atomic E-state index is -0.523. The van der Waals surface area contributed by atoms with Gasteiger partial charge in [-0.25, -0.2) is 0 Å². The maximum Gasteiger partial charge on any atom is 0.161 e. The van der Waals surface area contributed by atoms with E-state index in [0.29, 0.717) is 18.0 Å². The van der Waals surface area contributed by atoms with Gasteiger partial charge in [0.1, 0.15) is 12.7 Å². The zero-order valence-corrected chi connectivity index (χ0v) is 18.7. The molecule has 6 nitrogen and oxygen atoms in total. The molecule has 0 saturated carbocycles. The number of aliphatic hydroxyl groups is 1. The highest BCUT2D eigenvalue weighted by molar-refractivity contribution is 5.43. The third-order valence-corrected chi connectivity index (χ3v) is 5.74. The fourth-order valence-corrected chi connectivity index (χ4v) is 3.78. The van der Waals surface area contributed by atoms with E-state index in [1.165, 1.54) is 24.8 Å². The van der Waals surface area contributed by atoms with Crippen molar-refractivity contribution in [3.63, 3.8) is 0 Å². The Kier molecular flexibility index (Phi) is 10.8. The van der Waals surface area contributed by atoms with Crippen LogP contribution in [0.1, 0.15) is 38.7 Å². The summed E-state index contributed by atoms with van der Waals surface area (Å²) < 4.78 is 16.8. The van der Waals surface area contributed by atoms with Gasteiger partial charge in [-0.3, -0.25) is 0 Å². The summed E-state index contributed by atoms with van der Waals surface area (Å²) in [6, 6.07) is 6.07. The van der Waals surface area contributed by atoms with E-state index < -0.39 is 6.10 Å². The van der Waals surface area contributed by atoms with Crippen molar-refractivity contribution >= 4 is 0 Å². The van der Waals surface area contributed by atoms with Gasteiger partial charge in [0.2, 0.25) is 0 Å². The van der Waals surface area contributed by atoms with Crippen LogP contribution in [0.2, 0.25) is 0 Å². The SMILES string of the molecule is CCN(CC)C[C@@H](O)COc1cc(CN(C)CCC2CCOCC2)ccc1OC. The molecule has 1 aliphatic heterocycles. The van der Waals surface area contributed by atoms with Crippen LogP contribution in [-0.2, 0) is 11.3 Å². The molecule has 1 heterocycles. The Bertz CT molecular complexity index is 574. The standard InChI is InChI=1S/C23H40N2O4/c1-5-25(6-2)17-21(26)18-29-23-15-20(7-8-22(23)27-4)16-24(3)12-9-19-10-13-28-14-11-19/h7-8,15,19,21,26H,5-6,9-14,16-18H2,1-4H3/t21-/m1/s1. The summed E-state index contributed by atoms with van der Waals surface area (Å²) in [7, 11) is 3.81. The Morgan fingerprint density at radius 3 is 2.55 bits per heavy atom. The Hall–Kier alpha value is -1.34. The van der Waals surface area contributed by atoms with E-state index in [-0.39, 0.29) is 6.61 Å². The van der Waals surface area contributed by atoms with Crippen LogP contribution in [0.15, 0.2) is 18.2 Å². The molecule has 1 aromatic carbocycles. The summed E-state index contributed by atoms with van der Waals surface area (Å²) in [5.74, 6) is 2.18. The summed E-state index contributed by atoms with van der Waals surface area (Å²) in [4.78, 5) is 4.55. The quantitative estimate of drug-likeness (QED) is 0.541. The van der Waals surface area contributed by atoms with Crippen LogP contribution < -0.4 is 9.47 Å². The molecule has 1 atom stereocenters. The number of likely N-dealkylation sites (N-methyl/N-ethyl adjacent to an activating group) is 1. The van der Waals surface area contributed by atoms with Crippen LogP contribution in [-0.4, -0.2) is 81.2 Å². The first-order valence-corrected chi connectivity index (χ1v) is 11.0. The van der Waals surface area contributed by atoms with Gasteiger partial charge in [-0.05, 0) is 69.6 Å². The molecule has 166 valence electrons. The van der Waals surface area contributed by atoms with Crippen LogP contribution in [0.5, 0.6) is 11.5 Å². The molecule has 0 spiro atoms. The first-order chi connectivity index (χ1) is 14.0. The molecule has 29 heavy (non-hydrogen) atoms. The molecule has 2 rings (SSSR count). The van der Waals surface area contributed by atoms with E-state index in [0.717, 1.165) is 45.3 Å². The van der Waals surface area contributed by atoms with Gasteiger partial charge in [0, 0.05) is 26.3 Å². The molecule has 0 bridgehead atoms. The second-order valence-corrected chi connectivity index (χ2v) is 8.02. The van der Waals surface area contributed by atoms with E-state index in [2.05, 4.69) is 36.8 Å². The highest BCUT2D eigenvalue weighted by atomic mass is 16.5. The van der Waals surface area contributed by atoms with Crippen LogP contribution in [0.3, 0.4) is 0 Å². The number of aliphatic hydroxyl groups excluding tert-OH is 1. The van der Waals surface area contributed by atoms with Crippen LogP contribution >= 0.6 is 0 Å². The lowest BCUT2D eigenvalue weighted by atomic mass is 9.96. The first-order valence-electron chi connectivity index (χ1n) is 11.0. The molecule has 0 unspecified atom stereocenters. The molecule has 0 radical (unpaired) electrons. The van der Waals surface area contributed by atoms with Crippen molar-refractivity contribution in [2.75, 3.05) is 60.2 Å². The minimum Gasteiger partial charge on any atom is -0.493 e. The highest BCUT2D eigenvalue weighted by Gasteiger charge is 2.15. The molecule has 0 aromatic heterocycles. The maximum atomic E-state index is 10.3. The third kappa shape index (κ3) is 8.51. The van der Waals surface area contributed by atoms with Gasteiger partial charge in [0.15, 0.2) is 11.5 Å². The summed E-state index contributed by atoms with van der Waals surface area (Å²) in [6.45, 7) is 10.7. The molecule has 0 amide bonds. The van der Waals surface area contributed by atoms with Crippen molar-refractivity contribution in [1.29, 1.82) is 0 Å². The van der Waals surface area contributed by atoms with E-state index in [4.69, 9.17) is 14.2 Å². The van der Waals surface area contributed by atoms with Gasteiger partial charge in [0.05, 0.1) is 7.11 Å². The van der Waals surface area contributed by atoms with Crippen LogP contribution in [0.25, 0.3) is 0 Å². The smallest absolute Gasteiger partial charge is 0.161 e. The van der Waals surface area contributed by atoms with Crippen LogP contribution in [0.4, 0.5) is 0 Å². The van der Waals surface area contributed by atoms with Crippen molar-refractivity contribution < 1.29 is 19.3 Å². The van der Waals surface area contributed by atoms with E-state index in [1.807, 2.05) is 12.1 Å². The van der Waals surface area contributed by atoms with Crippen molar-refractivity contribution in [1.82, 2.24) is 9.80 Å². The fraction of sp³-hybridized carbons (Fsp3) is 0.739. The largest absolute Gasteiger partial charge is 0.493 e. The summed E-state index contributed by atoms with van der Waals surface area (Å²) in [5.41, 5.74) is 1.19. The van der Waals surface area contributed by atoms with Gasteiger partial charge in [-0.1, -0.05) is 19.9 Å².